The number of carbonyl (C=O) groups is 2. The Morgan fingerprint density at radius 2 is 1.91 bits per heavy atom. The molecule has 34 heavy (non-hydrogen) atoms. The number of sulfonamides is 1. The van der Waals surface area contributed by atoms with Crippen molar-refractivity contribution in [2.75, 3.05) is 29.6 Å². The largest absolute Gasteiger partial charge is 0.353 e. The quantitative estimate of drug-likeness (QED) is 0.549. The van der Waals surface area contributed by atoms with E-state index in [4.69, 9.17) is 16.6 Å². The van der Waals surface area contributed by atoms with Gasteiger partial charge in [-0.1, -0.05) is 30.9 Å². The molecule has 1 saturated carbocycles. The number of halogens is 1. The third-order valence-corrected chi connectivity index (χ3v) is 7.12. The van der Waals surface area contributed by atoms with E-state index < -0.39 is 16.1 Å². The zero-order valence-corrected chi connectivity index (χ0v) is 20.7. The van der Waals surface area contributed by atoms with E-state index in [0.717, 1.165) is 30.0 Å². The van der Waals surface area contributed by atoms with Crippen molar-refractivity contribution in [3.8, 4) is 0 Å². The van der Waals surface area contributed by atoms with Crippen LogP contribution in [0.1, 0.15) is 44.9 Å². The van der Waals surface area contributed by atoms with Crippen LogP contribution in [0, 0.1) is 5.92 Å². The maximum atomic E-state index is 12.9. The number of carbonyl (C=O) groups excluding carboxylic acids is 2. The Morgan fingerprint density at radius 3 is 2.65 bits per heavy atom. The van der Waals surface area contributed by atoms with Gasteiger partial charge in [0.25, 0.3) is 0 Å². The van der Waals surface area contributed by atoms with Crippen LogP contribution in [0.15, 0.2) is 24.3 Å². The monoisotopic (exact) mass is 507 g/mol. The van der Waals surface area contributed by atoms with Crippen molar-refractivity contribution in [2.45, 2.75) is 51.0 Å². The van der Waals surface area contributed by atoms with Gasteiger partial charge in [0.05, 0.1) is 17.5 Å². The molecule has 1 atom stereocenters. The second kappa shape index (κ2) is 10.4. The molecular formula is C23H30ClN5O4S. The first kappa shape index (κ1) is 24.5. The maximum Gasteiger partial charge on any atom is 0.328 e. The lowest BCUT2D eigenvalue weighted by atomic mass is 9.87. The first-order chi connectivity index (χ1) is 16.2. The number of pyridine rings is 1. The number of nitrogens with zero attached hydrogens (tertiary/aromatic N) is 2. The minimum atomic E-state index is -3.64. The molecule has 0 spiro atoms. The molecule has 3 amide bonds. The van der Waals surface area contributed by atoms with Crippen molar-refractivity contribution in [3.05, 3.63) is 29.3 Å². The zero-order chi connectivity index (χ0) is 24.3. The lowest BCUT2D eigenvalue weighted by molar-refractivity contribution is -0.117. The highest BCUT2D eigenvalue weighted by atomic mass is 35.5. The molecular weight excluding hydrogens is 478 g/mol. The maximum absolute atomic E-state index is 12.9. The molecule has 1 saturated heterocycles. The van der Waals surface area contributed by atoms with Crippen LogP contribution < -0.4 is 20.3 Å². The number of anilines is 2. The summed E-state index contributed by atoms with van der Waals surface area (Å²) < 4.78 is 24.5. The third-order valence-electron chi connectivity index (χ3n) is 6.33. The number of rotatable bonds is 6. The number of aromatic nitrogens is 1. The molecule has 0 bridgehead atoms. The van der Waals surface area contributed by atoms with E-state index in [1.807, 2.05) is 27.8 Å². The molecule has 0 unspecified atom stereocenters. The second-order valence-corrected chi connectivity index (χ2v) is 11.4. The number of fused-ring (bicyclic) bond motifs is 1. The Morgan fingerprint density at radius 1 is 1.15 bits per heavy atom. The summed E-state index contributed by atoms with van der Waals surface area (Å²) in [6, 6.07) is 6.30. The lowest BCUT2D eigenvalue weighted by Crippen LogP contribution is -2.45. The van der Waals surface area contributed by atoms with Crippen molar-refractivity contribution in [2.24, 2.45) is 5.92 Å². The molecule has 184 valence electrons. The fourth-order valence-electron chi connectivity index (χ4n) is 4.78. The van der Waals surface area contributed by atoms with Crippen LogP contribution in [0.25, 0.3) is 10.9 Å². The van der Waals surface area contributed by atoms with Crippen LogP contribution in [-0.2, 0) is 14.8 Å². The summed E-state index contributed by atoms with van der Waals surface area (Å²) >= 11 is 6.17. The van der Waals surface area contributed by atoms with Crippen LogP contribution in [0.5, 0.6) is 0 Å². The minimum absolute atomic E-state index is 0.0299. The second-order valence-electron chi connectivity index (χ2n) is 9.23. The average molecular weight is 508 g/mol. The van der Waals surface area contributed by atoms with Gasteiger partial charge < -0.3 is 15.5 Å². The molecule has 11 heteroatoms. The van der Waals surface area contributed by atoms with Gasteiger partial charge >= 0.3 is 6.03 Å². The molecule has 1 aromatic heterocycles. The van der Waals surface area contributed by atoms with E-state index in [1.54, 1.807) is 6.07 Å². The number of benzene rings is 1. The standard InChI is InChI=1S/C23H30ClN5O4S/c1-34(32,33)28-23(31)25-18-9-10-29(14-18)22-20(13-16-12-17(24)7-8-19(16)27-22)26-21(30)11-15-5-3-2-4-6-15/h7-8,12-13,15,18H,2-6,9-11,14H2,1H3,(H,26,30)(H2,25,28,31)/t18-/m0/s1. The summed E-state index contributed by atoms with van der Waals surface area (Å²) in [5, 5.41) is 7.17. The van der Waals surface area contributed by atoms with Gasteiger partial charge in [-0.15, -0.1) is 0 Å². The normalized spacial score (nSPS) is 19.2. The smallest absolute Gasteiger partial charge is 0.328 e. The molecule has 0 radical (unpaired) electrons. The van der Waals surface area contributed by atoms with E-state index in [0.29, 0.717) is 48.4 Å². The van der Waals surface area contributed by atoms with E-state index in [2.05, 4.69) is 10.6 Å². The summed E-state index contributed by atoms with van der Waals surface area (Å²) in [5.74, 6) is 1.01. The number of urea groups is 1. The van der Waals surface area contributed by atoms with Crippen LogP contribution >= 0.6 is 11.6 Å². The third kappa shape index (κ3) is 6.50. The van der Waals surface area contributed by atoms with Crippen LogP contribution in [0.2, 0.25) is 5.02 Å². The number of amides is 3. The van der Waals surface area contributed by atoms with Gasteiger partial charge in [-0.2, -0.15) is 0 Å². The highest BCUT2D eigenvalue weighted by molar-refractivity contribution is 7.89. The highest BCUT2D eigenvalue weighted by Crippen LogP contribution is 2.33. The molecule has 9 nitrogen and oxygen atoms in total. The Hall–Kier alpha value is -2.59. The van der Waals surface area contributed by atoms with Crippen LogP contribution in [0.3, 0.4) is 0 Å². The van der Waals surface area contributed by atoms with Gasteiger partial charge in [0.2, 0.25) is 15.9 Å². The molecule has 1 aromatic carbocycles. The molecule has 1 aliphatic carbocycles. The van der Waals surface area contributed by atoms with Crippen LogP contribution in [-0.4, -0.2) is 50.7 Å². The molecule has 3 N–H and O–H groups in total. The molecule has 2 heterocycles. The van der Waals surface area contributed by atoms with Gasteiger partial charge in [0, 0.05) is 36.0 Å². The summed E-state index contributed by atoms with van der Waals surface area (Å²) in [4.78, 5) is 31.6. The number of nitrogens with one attached hydrogen (secondary N) is 3. The molecule has 1 aliphatic heterocycles. The molecule has 2 aliphatic rings. The van der Waals surface area contributed by atoms with Crippen molar-refractivity contribution in [1.29, 1.82) is 0 Å². The van der Waals surface area contributed by atoms with Gasteiger partial charge in [0.1, 0.15) is 0 Å². The topological polar surface area (TPSA) is 120 Å². The summed E-state index contributed by atoms with van der Waals surface area (Å²) in [6.07, 6.45) is 7.80. The first-order valence-corrected chi connectivity index (χ1v) is 13.9. The SMILES string of the molecule is CS(=O)(=O)NC(=O)N[C@H]1CCN(c2nc3ccc(Cl)cc3cc2NC(=O)CC2CCCCC2)C1. The predicted octanol–water partition coefficient (Wildman–Crippen LogP) is 3.63. The predicted molar refractivity (Wildman–Crippen MR) is 134 cm³/mol. The summed E-state index contributed by atoms with van der Waals surface area (Å²) in [6.45, 7) is 1.04. The number of hydrogen-bond donors (Lipinski definition) is 3. The Labute approximate surface area is 204 Å². The summed E-state index contributed by atoms with van der Waals surface area (Å²) in [7, 11) is -3.64. The zero-order valence-electron chi connectivity index (χ0n) is 19.1. The van der Waals surface area contributed by atoms with Crippen molar-refractivity contribution in [1.82, 2.24) is 15.0 Å². The van der Waals surface area contributed by atoms with Gasteiger partial charge in [0.15, 0.2) is 5.82 Å². The Balaban J connectivity index is 1.52. The van der Waals surface area contributed by atoms with E-state index >= 15 is 0 Å². The fraction of sp³-hybridized carbons (Fsp3) is 0.522. The van der Waals surface area contributed by atoms with Gasteiger partial charge in [-0.25, -0.2) is 22.9 Å². The average Bonchev–Trinajstić information content (AvgIpc) is 3.20. The molecule has 2 aromatic rings. The van der Waals surface area contributed by atoms with E-state index in [9.17, 15) is 18.0 Å². The highest BCUT2D eigenvalue weighted by Gasteiger charge is 2.28. The van der Waals surface area contributed by atoms with Crippen molar-refractivity contribution in [3.63, 3.8) is 0 Å². The molecule has 2 fully saturated rings. The van der Waals surface area contributed by atoms with Gasteiger partial charge in [-0.3, -0.25) is 4.79 Å². The van der Waals surface area contributed by atoms with Crippen LogP contribution in [0.4, 0.5) is 16.3 Å². The lowest BCUT2D eigenvalue weighted by Gasteiger charge is -2.24. The fourth-order valence-corrected chi connectivity index (χ4v) is 5.35. The van der Waals surface area contributed by atoms with Crippen molar-refractivity contribution >= 4 is 56.0 Å². The van der Waals surface area contributed by atoms with Gasteiger partial charge in [-0.05, 0) is 49.4 Å². The number of hydrogen-bond acceptors (Lipinski definition) is 6. The Kier molecular flexibility index (Phi) is 7.47. The van der Waals surface area contributed by atoms with Crippen molar-refractivity contribution < 1.29 is 18.0 Å². The summed E-state index contributed by atoms with van der Waals surface area (Å²) in [5.41, 5.74) is 1.35. The van der Waals surface area contributed by atoms with E-state index in [-0.39, 0.29) is 11.9 Å². The Bertz CT molecular complexity index is 1180. The first-order valence-electron chi connectivity index (χ1n) is 11.6. The van der Waals surface area contributed by atoms with E-state index in [1.165, 1.54) is 19.3 Å². The minimum Gasteiger partial charge on any atom is -0.353 e. The molecule has 4 rings (SSSR count).